The Hall–Kier alpha value is -1.99. The second kappa shape index (κ2) is 5.56. The number of rotatable bonds is 4. The van der Waals surface area contributed by atoms with Gasteiger partial charge in [0.05, 0.1) is 12.7 Å². The van der Waals surface area contributed by atoms with Crippen molar-refractivity contribution < 1.29 is 34.0 Å². The fraction of sp³-hybridized carbons (Fsp3) is 0.273. The number of carbonyl (C=O) groups excluding carboxylic acids is 1. The lowest BCUT2D eigenvalue weighted by Crippen LogP contribution is -2.30. The van der Waals surface area contributed by atoms with Gasteiger partial charge in [0.1, 0.15) is 11.9 Å². The number of halogens is 1. The van der Waals surface area contributed by atoms with Gasteiger partial charge in [-0.2, -0.15) is 0 Å². The van der Waals surface area contributed by atoms with Crippen LogP contribution in [0, 0.1) is 5.82 Å². The lowest BCUT2D eigenvalue weighted by molar-refractivity contribution is -0.156. The van der Waals surface area contributed by atoms with Crippen molar-refractivity contribution in [1.29, 1.82) is 0 Å². The number of aliphatic hydroxyl groups is 2. The zero-order chi connectivity index (χ0) is 13.9. The summed E-state index contributed by atoms with van der Waals surface area (Å²) >= 11 is 0. The Labute approximate surface area is 101 Å². The Bertz CT molecular complexity index is 473. The first-order valence-corrected chi connectivity index (χ1v) is 4.85. The van der Waals surface area contributed by atoms with E-state index in [1.54, 1.807) is 0 Å². The van der Waals surface area contributed by atoms with Crippen molar-refractivity contribution in [1.82, 2.24) is 0 Å². The Morgan fingerprint density at radius 2 is 1.94 bits per heavy atom. The third-order valence-corrected chi connectivity index (χ3v) is 2.30. The predicted molar refractivity (Wildman–Crippen MR) is 56.3 cm³/mol. The molecule has 0 spiro atoms. The van der Waals surface area contributed by atoms with Crippen molar-refractivity contribution in [3.05, 3.63) is 35.1 Å². The second-order valence-corrected chi connectivity index (χ2v) is 3.45. The van der Waals surface area contributed by atoms with Crippen LogP contribution in [0.1, 0.15) is 22.0 Å². The molecule has 0 saturated heterocycles. The molecule has 6 nitrogen and oxygen atoms in total. The topological polar surface area (TPSA) is 104 Å². The van der Waals surface area contributed by atoms with Gasteiger partial charge in [-0.05, 0) is 18.2 Å². The molecular formula is C11H11FO6. The van der Waals surface area contributed by atoms with E-state index in [1.165, 1.54) is 0 Å². The van der Waals surface area contributed by atoms with E-state index in [0.717, 1.165) is 25.3 Å². The third kappa shape index (κ3) is 2.82. The second-order valence-electron chi connectivity index (χ2n) is 3.45. The molecule has 2 atom stereocenters. The highest BCUT2D eigenvalue weighted by Gasteiger charge is 2.30. The van der Waals surface area contributed by atoms with E-state index in [1.807, 2.05) is 0 Å². The Balaban J connectivity index is 3.18. The standard InChI is InChI=1S/C11H11FO6/c1-18-11(17)9(14)8(13)7-4-5(12)2-3-6(7)10(15)16/h2-4,8-9,13-14H,1H3,(H,15,16). The predicted octanol–water partition coefficient (Wildman–Crippen LogP) is 0.0912. The lowest BCUT2D eigenvalue weighted by Gasteiger charge is -2.17. The fourth-order valence-electron chi connectivity index (χ4n) is 1.39. The summed E-state index contributed by atoms with van der Waals surface area (Å²) in [6, 6.07) is 2.56. The molecule has 1 aromatic carbocycles. The van der Waals surface area contributed by atoms with Crippen LogP contribution in [0.25, 0.3) is 0 Å². The smallest absolute Gasteiger partial charge is 0.337 e. The van der Waals surface area contributed by atoms with Crippen LogP contribution in [0.4, 0.5) is 4.39 Å². The number of carbonyl (C=O) groups is 2. The number of benzene rings is 1. The van der Waals surface area contributed by atoms with Crippen LogP contribution >= 0.6 is 0 Å². The maximum atomic E-state index is 13.0. The van der Waals surface area contributed by atoms with Gasteiger partial charge in [0.2, 0.25) is 0 Å². The molecule has 1 rings (SSSR count). The molecule has 0 aliphatic rings. The van der Waals surface area contributed by atoms with Crippen LogP contribution in [0.2, 0.25) is 0 Å². The molecule has 2 unspecified atom stereocenters. The molecular weight excluding hydrogens is 247 g/mol. The van der Waals surface area contributed by atoms with E-state index in [4.69, 9.17) is 5.11 Å². The number of aromatic carboxylic acids is 1. The molecule has 0 saturated carbocycles. The number of hydrogen-bond acceptors (Lipinski definition) is 5. The summed E-state index contributed by atoms with van der Waals surface area (Å²) in [4.78, 5) is 21.9. The van der Waals surface area contributed by atoms with Gasteiger partial charge in [-0.25, -0.2) is 14.0 Å². The quantitative estimate of drug-likeness (QED) is 0.661. The van der Waals surface area contributed by atoms with Gasteiger partial charge in [0.15, 0.2) is 6.10 Å². The number of aliphatic hydroxyl groups excluding tert-OH is 2. The van der Waals surface area contributed by atoms with E-state index >= 15 is 0 Å². The third-order valence-electron chi connectivity index (χ3n) is 2.30. The van der Waals surface area contributed by atoms with Gasteiger partial charge < -0.3 is 20.1 Å². The van der Waals surface area contributed by atoms with Crippen molar-refractivity contribution in [2.45, 2.75) is 12.2 Å². The van der Waals surface area contributed by atoms with Gasteiger partial charge in [-0.3, -0.25) is 0 Å². The summed E-state index contributed by atoms with van der Waals surface area (Å²) in [5.74, 6) is -3.37. The molecule has 98 valence electrons. The molecule has 0 fully saturated rings. The molecule has 0 bridgehead atoms. The SMILES string of the molecule is COC(=O)C(O)C(O)c1cc(F)ccc1C(=O)O. The van der Waals surface area contributed by atoms with E-state index < -0.39 is 41.1 Å². The van der Waals surface area contributed by atoms with Crippen LogP contribution in [0.3, 0.4) is 0 Å². The minimum Gasteiger partial charge on any atom is -0.478 e. The molecule has 3 N–H and O–H groups in total. The van der Waals surface area contributed by atoms with Crippen LogP contribution < -0.4 is 0 Å². The number of carboxylic acids is 1. The lowest BCUT2D eigenvalue weighted by atomic mass is 9.98. The first-order valence-electron chi connectivity index (χ1n) is 4.85. The molecule has 0 radical (unpaired) electrons. The van der Waals surface area contributed by atoms with Crippen molar-refractivity contribution in [2.75, 3.05) is 7.11 Å². The van der Waals surface area contributed by atoms with E-state index in [2.05, 4.69) is 4.74 Å². The maximum absolute atomic E-state index is 13.0. The summed E-state index contributed by atoms with van der Waals surface area (Å²) in [6.07, 6.45) is -3.88. The van der Waals surface area contributed by atoms with Crippen LogP contribution in [0.15, 0.2) is 18.2 Å². The van der Waals surface area contributed by atoms with Crippen LogP contribution in [0.5, 0.6) is 0 Å². The molecule has 1 aromatic rings. The number of hydrogen-bond donors (Lipinski definition) is 3. The fourth-order valence-corrected chi connectivity index (χ4v) is 1.39. The van der Waals surface area contributed by atoms with Gasteiger partial charge >= 0.3 is 11.9 Å². The van der Waals surface area contributed by atoms with Crippen LogP contribution in [-0.2, 0) is 9.53 Å². The normalized spacial score (nSPS) is 13.8. The zero-order valence-electron chi connectivity index (χ0n) is 9.33. The first kappa shape index (κ1) is 14.1. The average molecular weight is 258 g/mol. The van der Waals surface area contributed by atoms with Crippen molar-refractivity contribution >= 4 is 11.9 Å². The zero-order valence-corrected chi connectivity index (χ0v) is 9.33. The molecule has 0 heterocycles. The van der Waals surface area contributed by atoms with Crippen molar-refractivity contribution in [3.63, 3.8) is 0 Å². The highest BCUT2D eigenvalue weighted by Crippen LogP contribution is 2.23. The minimum absolute atomic E-state index is 0.402. The van der Waals surface area contributed by atoms with Crippen LogP contribution in [-0.4, -0.2) is 40.5 Å². The molecule has 0 aromatic heterocycles. The number of carboxylic acid groups (broad SMARTS) is 1. The Kier molecular flexibility index (Phi) is 4.35. The number of ether oxygens (including phenoxy) is 1. The van der Waals surface area contributed by atoms with E-state index in [-0.39, 0.29) is 0 Å². The van der Waals surface area contributed by atoms with Crippen molar-refractivity contribution in [3.8, 4) is 0 Å². The van der Waals surface area contributed by atoms with Gasteiger partial charge in [0.25, 0.3) is 0 Å². The molecule has 7 heteroatoms. The first-order chi connectivity index (χ1) is 8.38. The summed E-state index contributed by atoms with van der Waals surface area (Å²) in [5, 5.41) is 27.9. The van der Waals surface area contributed by atoms with Crippen molar-refractivity contribution in [2.24, 2.45) is 0 Å². The molecule has 0 aliphatic carbocycles. The van der Waals surface area contributed by atoms with E-state index in [0.29, 0.717) is 0 Å². The summed E-state index contributed by atoms with van der Waals surface area (Å²) in [7, 11) is 0.988. The maximum Gasteiger partial charge on any atom is 0.337 e. The largest absolute Gasteiger partial charge is 0.478 e. The number of methoxy groups -OCH3 is 1. The average Bonchev–Trinajstić information content (AvgIpc) is 2.35. The monoisotopic (exact) mass is 258 g/mol. The van der Waals surface area contributed by atoms with Gasteiger partial charge in [-0.15, -0.1) is 0 Å². The van der Waals surface area contributed by atoms with Gasteiger partial charge in [-0.1, -0.05) is 0 Å². The summed E-state index contributed by atoms with van der Waals surface area (Å²) < 4.78 is 17.2. The van der Waals surface area contributed by atoms with E-state index in [9.17, 15) is 24.2 Å². The highest BCUT2D eigenvalue weighted by atomic mass is 19.1. The Morgan fingerprint density at radius 1 is 1.33 bits per heavy atom. The molecule has 0 aliphatic heterocycles. The minimum atomic E-state index is -1.99. The summed E-state index contributed by atoms with van der Waals surface area (Å²) in [6.45, 7) is 0. The molecule has 0 amide bonds. The van der Waals surface area contributed by atoms with Gasteiger partial charge in [0, 0.05) is 5.56 Å². The number of esters is 1. The molecule has 18 heavy (non-hydrogen) atoms. The Morgan fingerprint density at radius 3 is 2.44 bits per heavy atom. The summed E-state index contributed by atoms with van der Waals surface area (Å²) in [5.41, 5.74) is -0.813. The highest BCUT2D eigenvalue weighted by molar-refractivity contribution is 5.90.